The molecule has 0 bridgehead atoms. The second kappa shape index (κ2) is 9.92. The number of nitrogens with one attached hydrogen (secondary N) is 1. The molecule has 0 fully saturated rings. The van der Waals surface area contributed by atoms with Crippen LogP contribution in [-0.4, -0.2) is 29.9 Å². The predicted octanol–water partition coefficient (Wildman–Crippen LogP) is 4.42. The van der Waals surface area contributed by atoms with Gasteiger partial charge < -0.3 is 9.64 Å². The van der Waals surface area contributed by atoms with E-state index in [1.54, 1.807) is 24.0 Å². The summed E-state index contributed by atoms with van der Waals surface area (Å²) in [6.07, 6.45) is 0.178. The molecular weight excluding hydrogens is 411 g/mol. The van der Waals surface area contributed by atoms with Crippen LogP contribution in [0.2, 0.25) is 5.02 Å². The van der Waals surface area contributed by atoms with Gasteiger partial charge in [0.05, 0.1) is 5.57 Å². The maximum absolute atomic E-state index is 13.1. The van der Waals surface area contributed by atoms with Crippen LogP contribution in [0.15, 0.2) is 65.9 Å². The number of nitrogens with zero attached hydrogens (tertiary/aromatic N) is 1. The van der Waals surface area contributed by atoms with Crippen molar-refractivity contribution in [3.05, 3.63) is 82.0 Å². The van der Waals surface area contributed by atoms with Crippen LogP contribution >= 0.6 is 23.4 Å². The number of carbonyl (C=O) groups excluding carboxylic acids is 2. The molecule has 1 unspecified atom stereocenters. The third-order valence-electron chi connectivity index (χ3n) is 4.96. The van der Waals surface area contributed by atoms with Gasteiger partial charge in [-0.15, -0.1) is 0 Å². The van der Waals surface area contributed by atoms with E-state index >= 15 is 0 Å². The zero-order chi connectivity index (χ0) is 20.8. The largest absolute Gasteiger partial charge is 0.457 e. The summed E-state index contributed by atoms with van der Waals surface area (Å²) >= 11 is 11.6. The molecule has 0 aliphatic carbocycles. The lowest BCUT2D eigenvalue weighted by atomic mass is 9.83. The zero-order valence-electron chi connectivity index (χ0n) is 16.0. The highest BCUT2D eigenvalue weighted by Gasteiger charge is 2.36. The van der Waals surface area contributed by atoms with Gasteiger partial charge in [-0.25, -0.2) is 9.63 Å². The number of halogens is 2. The molecule has 3 rings (SSSR count). The van der Waals surface area contributed by atoms with Crippen LogP contribution in [0.4, 0.5) is 0 Å². The van der Waals surface area contributed by atoms with E-state index in [-0.39, 0.29) is 24.9 Å². The molecule has 7 heteroatoms. The minimum atomic E-state index is -0.428. The molecule has 2 aromatic rings. The van der Waals surface area contributed by atoms with Crippen LogP contribution in [0, 0.1) is 0 Å². The Morgan fingerprint density at radius 2 is 1.86 bits per heavy atom. The number of hydrogen-bond acceptors (Lipinski definition) is 4. The third kappa shape index (κ3) is 5.18. The van der Waals surface area contributed by atoms with Gasteiger partial charge in [-0.05, 0) is 42.0 Å². The molecule has 1 aliphatic rings. The lowest BCUT2D eigenvalue weighted by Crippen LogP contribution is -2.40. The molecule has 0 aromatic heterocycles. The topological polar surface area (TPSA) is 58.6 Å². The van der Waals surface area contributed by atoms with Crippen molar-refractivity contribution < 1.29 is 14.3 Å². The summed E-state index contributed by atoms with van der Waals surface area (Å²) in [5, 5.41) is 0.597. The minimum Gasteiger partial charge on any atom is -0.457 e. The van der Waals surface area contributed by atoms with E-state index < -0.39 is 5.97 Å². The van der Waals surface area contributed by atoms with E-state index in [2.05, 4.69) is 4.84 Å². The Labute approximate surface area is 180 Å². The Bertz CT molecular complexity index is 898. The first kappa shape index (κ1) is 21.4. The maximum atomic E-state index is 13.1. The minimum absolute atomic E-state index is 0.0611. The number of esters is 1. The fraction of sp³-hybridized carbons (Fsp3) is 0.273. The smallest absolute Gasteiger partial charge is 0.336 e. The molecule has 0 saturated heterocycles. The number of allylic oxidation sites excluding steroid dienone is 1. The lowest BCUT2D eigenvalue weighted by molar-refractivity contribution is -0.141. The van der Waals surface area contributed by atoms with E-state index in [0.717, 1.165) is 11.1 Å². The van der Waals surface area contributed by atoms with Crippen molar-refractivity contribution in [3.63, 3.8) is 0 Å². The predicted molar refractivity (Wildman–Crippen MR) is 113 cm³/mol. The molecule has 29 heavy (non-hydrogen) atoms. The number of rotatable bonds is 7. The van der Waals surface area contributed by atoms with E-state index in [1.165, 1.54) is 0 Å². The summed E-state index contributed by atoms with van der Waals surface area (Å²) in [5.74, 6) is -0.875. The molecule has 1 atom stereocenters. The fourth-order valence-corrected chi connectivity index (χ4v) is 3.70. The first-order valence-electron chi connectivity index (χ1n) is 9.32. The van der Waals surface area contributed by atoms with Crippen LogP contribution in [0.25, 0.3) is 0 Å². The number of hydrogen-bond donors (Lipinski definition) is 1. The van der Waals surface area contributed by atoms with Gasteiger partial charge in [0.1, 0.15) is 6.61 Å². The van der Waals surface area contributed by atoms with Crippen molar-refractivity contribution in [1.82, 2.24) is 9.74 Å². The molecule has 1 heterocycles. The normalized spacial score (nSPS) is 16.9. The van der Waals surface area contributed by atoms with Gasteiger partial charge in [0, 0.05) is 36.1 Å². The van der Waals surface area contributed by atoms with Crippen LogP contribution in [0.3, 0.4) is 0 Å². The molecule has 5 nitrogen and oxygen atoms in total. The number of carbonyl (C=O) groups is 2. The van der Waals surface area contributed by atoms with Crippen molar-refractivity contribution >= 4 is 35.3 Å². The van der Waals surface area contributed by atoms with Gasteiger partial charge in [0.15, 0.2) is 0 Å². The van der Waals surface area contributed by atoms with Crippen molar-refractivity contribution in [1.29, 1.82) is 0 Å². The lowest BCUT2D eigenvalue weighted by Gasteiger charge is -2.34. The molecule has 0 radical (unpaired) electrons. The van der Waals surface area contributed by atoms with E-state index in [4.69, 9.17) is 28.1 Å². The molecule has 0 spiro atoms. The van der Waals surface area contributed by atoms with Gasteiger partial charge in [-0.3, -0.25) is 4.79 Å². The summed E-state index contributed by atoms with van der Waals surface area (Å²) in [5.41, 5.74) is 2.82. The molecule has 152 valence electrons. The average Bonchev–Trinajstić information content (AvgIpc) is 2.73. The average molecular weight is 433 g/mol. The number of benzene rings is 2. The Balaban J connectivity index is 1.92. The van der Waals surface area contributed by atoms with Crippen LogP contribution < -0.4 is 4.84 Å². The van der Waals surface area contributed by atoms with Crippen molar-refractivity contribution in [3.8, 4) is 0 Å². The van der Waals surface area contributed by atoms with Gasteiger partial charge in [-0.1, -0.05) is 54.1 Å². The molecule has 0 saturated carbocycles. The second-order valence-corrected chi connectivity index (χ2v) is 7.50. The van der Waals surface area contributed by atoms with Crippen molar-refractivity contribution in [2.24, 2.45) is 0 Å². The Morgan fingerprint density at radius 3 is 2.52 bits per heavy atom. The summed E-state index contributed by atoms with van der Waals surface area (Å²) < 4.78 is 5.60. The monoisotopic (exact) mass is 432 g/mol. The number of amides is 1. The molecule has 1 aliphatic heterocycles. The summed E-state index contributed by atoms with van der Waals surface area (Å²) in [4.78, 5) is 29.9. The SMILES string of the molecule is CC1=C(C(=O)OCc2ccccc2)C(c2ccc(Cl)cc2)CC(=O)N1CCNCl. The highest BCUT2D eigenvalue weighted by molar-refractivity contribution is 6.30. The molecule has 2 aromatic carbocycles. The molecule has 1 N–H and O–H groups in total. The van der Waals surface area contributed by atoms with Crippen molar-refractivity contribution in [2.75, 3.05) is 13.1 Å². The number of ether oxygens (including phenoxy) is 1. The molecular formula is C22H22Cl2N2O3. The van der Waals surface area contributed by atoms with Gasteiger partial charge in [0.25, 0.3) is 0 Å². The van der Waals surface area contributed by atoms with E-state index in [0.29, 0.717) is 29.4 Å². The van der Waals surface area contributed by atoms with Gasteiger partial charge in [-0.2, -0.15) is 0 Å². The van der Waals surface area contributed by atoms with Crippen LogP contribution in [0.5, 0.6) is 0 Å². The zero-order valence-corrected chi connectivity index (χ0v) is 17.5. The fourth-order valence-electron chi connectivity index (χ4n) is 3.49. The van der Waals surface area contributed by atoms with Crippen molar-refractivity contribution in [2.45, 2.75) is 25.9 Å². The first-order valence-corrected chi connectivity index (χ1v) is 10.1. The van der Waals surface area contributed by atoms with E-state index in [9.17, 15) is 9.59 Å². The van der Waals surface area contributed by atoms with Crippen LogP contribution in [0.1, 0.15) is 30.4 Å². The maximum Gasteiger partial charge on any atom is 0.336 e. The summed E-state index contributed by atoms with van der Waals surface area (Å²) in [6.45, 7) is 2.72. The first-order chi connectivity index (χ1) is 14.0. The highest BCUT2D eigenvalue weighted by Crippen LogP contribution is 2.37. The second-order valence-electron chi connectivity index (χ2n) is 6.80. The summed E-state index contributed by atoms with van der Waals surface area (Å²) in [6, 6.07) is 16.7. The van der Waals surface area contributed by atoms with Gasteiger partial charge in [0.2, 0.25) is 5.91 Å². The quantitative estimate of drug-likeness (QED) is 0.519. The Kier molecular flexibility index (Phi) is 7.31. The standard InChI is InChI=1S/C22H22Cl2N2O3/c1-15-21(22(28)29-14-16-5-3-2-4-6-16)19(17-7-9-18(23)10-8-17)13-20(27)26(15)12-11-25-24/h2-10,19,25H,11-14H2,1H3. The third-order valence-corrected chi connectivity index (χ3v) is 5.40. The molecule has 1 amide bonds. The van der Waals surface area contributed by atoms with E-state index in [1.807, 2.05) is 42.5 Å². The summed E-state index contributed by atoms with van der Waals surface area (Å²) in [7, 11) is 0. The Hall–Kier alpha value is -2.34. The van der Waals surface area contributed by atoms with Crippen LogP contribution in [-0.2, 0) is 20.9 Å². The highest BCUT2D eigenvalue weighted by atomic mass is 35.5. The Morgan fingerprint density at radius 1 is 1.17 bits per heavy atom. The van der Waals surface area contributed by atoms with Gasteiger partial charge >= 0.3 is 5.97 Å².